The topological polar surface area (TPSA) is 12.9 Å². The summed E-state index contributed by atoms with van der Waals surface area (Å²) in [5.74, 6) is 0. The second kappa shape index (κ2) is 5.37. The Morgan fingerprint density at radius 2 is 1.21 bits per heavy atom. The Morgan fingerprint density at radius 1 is 0.579 bits per heavy atom. The molecule has 0 saturated heterocycles. The maximum absolute atomic E-state index is 4.46. The summed E-state index contributed by atoms with van der Waals surface area (Å²) < 4.78 is 0.858. The average Bonchev–Trinajstić information content (AvgIpc) is 2.48. The number of pyridine rings is 1. The van der Waals surface area contributed by atoms with Gasteiger partial charge in [0.15, 0.2) is 0 Å². The largest absolute Gasteiger partial charge is 0.241 e. The van der Waals surface area contributed by atoms with Gasteiger partial charge in [0.1, 0.15) is 4.60 Å². The molecule has 0 amide bonds. The Balaban J connectivity index is 1.95. The van der Waals surface area contributed by atoms with Crippen LogP contribution in [0.5, 0.6) is 0 Å². The van der Waals surface area contributed by atoms with Crippen molar-refractivity contribution < 1.29 is 0 Å². The lowest BCUT2D eigenvalue weighted by molar-refractivity contribution is 1.28. The number of rotatable bonds is 2. The van der Waals surface area contributed by atoms with Crippen molar-refractivity contribution in [2.45, 2.75) is 0 Å². The van der Waals surface area contributed by atoms with Gasteiger partial charge in [-0.05, 0) is 39.2 Å². The third-order valence-electron chi connectivity index (χ3n) is 3.00. The molecular weight excluding hydrogens is 298 g/mol. The van der Waals surface area contributed by atoms with Crippen molar-refractivity contribution in [3.8, 4) is 22.4 Å². The first-order valence-corrected chi connectivity index (χ1v) is 6.91. The van der Waals surface area contributed by atoms with Crippen LogP contribution in [0.15, 0.2) is 77.4 Å². The van der Waals surface area contributed by atoms with E-state index in [9.17, 15) is 0 Å². The van der Waals surface area contributed by atoms with Crippen LogP contribution < -0.4 is 0 Å². The van der Waals surface area contributed by atoms with Crippen molar-refractivity contribution in [3.63, 3.8) is 0 Å². The second-order valence-electron chi connectivity index (χ2n) is 4.29. The Kier molecular flexibility index (Phi) is 3.43. The number of hydrogen-bond donors (Lipinski definition) is 0. The molecule has 3 rings (SSSR count). The number of hydrogen-bond acceptors (Lipinski definition) is 1. The fourth-order valence-corrected chi connectivity index (χ4v) is 2.38. The van der Waals surface area contributed by atoms with E-state index in [2.05, 4.69) is 69.4 Å². The third-order valence-corrected chi connectivity index (χ3v) is 3.44. The molecule has 1 nitrogen and oxygen atoms in total. The summed E-state index contributed by atoms with van der Waals surface area (Å²) in [5, 5.41) is 0. The third kappa shape index (κ3) is 2.74. The normalized spacial score (nSPS) is 10.4. The van der Waals surface area contributed by atoms with E-state index in [1.165, 1.54) is 11.1 Å². The second-order valence-corrected chi connectivity index (χ2v) is 5.10. The van der Waals surface area contributed by atoms with Crippen LogP contribution in [0.25, 0.3) is 22.4 Å². The summed E-state index contributed by atoms with van der Waals surface area (Å²) in [4.78, 5) is 4.46. The van der Waals surface area contributed by atoms with E-state index in [0.717, 1.165) is 15.9 Å². The molecule has 2 heteroatoms. The molecule has 0 unspecified atom stereocenters. The van der Waals surface area contributed by atoms with Gasteiger partial charge >= 0.3 is 0 Å². The molecule has 1 aromatic heterocycles. The van der Waals surface area contributed by atoms with Crippen LogP contribution in [0.1, 0.15) is 0 Å². The molecule has 0 aliphatic heterocycles. The molecule has 0 saturated carbocycles. The maximum Gasteiger partial charge on any atom is 0.106 e. The van der Waals surface area contributed by atoms with E-state index in [1.54, 1.807) is 0 Å². The fourth-order valence-electron chi connectivity index (χ4n) is 2.03. The summed E-state index contributed by atoms with van der Waals surface area (Å²) in [7, 11) is 0. The average molecular weight is 310 g/mol. The summed E-state index contributed by atoms with van der Waals surface area (Å²) in [6.07, 6.45) is 0. The minimum atomic E-state index is 0.858. The highest BCUT2D eigenvalue weighted by Crippen LogP contribution is 2.24. The molecule has 92 valence electrons. The highest BCUT2D eigenvalue weighted by Gasteiger charge is 2.01. The van der Waals surface area contributed by atoms with Gasteiger partial charge in [-0.25, -0.2) is 4.98 Å². The lowest BCUT2D eigenvalue weighted by Crippen LogP contribution is -1.84. The maximum atomic E-state index is 4.46. The highest BCUT2D eigenvalue weighted by atomic mass is 79.9. The van der Waals surface area contributed by atoms with Crippen molar-refractivity contribution >= 4 is 15.9 Å². The lowest BCUT2D eigenvalue weighted by atomic mass is 10.0. The molecule has 0 bridgehead atoms. The molecule has 0 aliphatic carbocycles. The molecular formula is C17H12BrN. The zero-order valence-electron chi connectivity index (χ0n) is 10.3. The van der Waals surface area contributed by atoms with Crippen molar-refractivity contribution in [2.24, 2.45) is 0 Å². The van der Waals surface area contributed by atoms with E-state index in [1.807, 2.05) is 24.3 Å². The molecule has 0 N–H and O–H groups in total. The Labute approximate surface area is 121 Å². The van der Waals surface area contributed by atoms with Crippen LogP contribution in [-0.2, 0) is 0 Å². The van der Waals surface area contributed by atoms with Crippen LogP contribution in [0.4, 0.5) is 0 Å². The first-order valence-electron chi connectivity index (χ1n) is 6.11. The zero-order chi connectivity index (χ0) is 13.1. The van der Waals surface area contributed by atoms with Crippen molar-refractivity contribution in [1.29, 1.82) is 0 Å². The molecule has 0 spiro atoms. The van der Waals surface area contributed by atoms with Crippen LogP contribution in [0.2, 0.25) is 0 Å². The van der Waals surface area contributed by atoms with Gasteiger partial charge in [-0.15, -0.1) is 0 Å². The summed E-state index contributed by atoms with van der Waals surface area (Å²) in [5.41, 5.74) is 4.56. The van der Waals surface area contributed by atoms with E-state index < -0.39 is 0 Å². The Morgan fingerprint density at radius 3 is 1.89 bits per heavy atom. The van der Waals surface area contributed by atoms with Crippen LogP contribution in [0, 0.1) is 0 Å². The molecule has 0 aliphatic rings. The first-order chi connectivity index (χ1) is 9.33. The van der Waals surface area contributed by atoms with E-state index >= 15 is 0 Å². The van der Waals surface area contributed by atoms with Gasteiger partial charge < -0.3 is 0 Å². The molecule has 2 aromatic carbocycles. The van der Waals surface area contributed by atoms with E-state index in [0.29, 0.717) is 0 Å². The predicted octanol–water partition coefficient (Wildman–Crippen LogP) is 5.18. The molecule has 3 aromatic rings. The summed E-state index contributed by atoms with van der Waals surface area (Å²) >= 11 is 3.40. The number of benzene rings is 2. The number of aromatic nitrogens is 1. The zero-order valence-corrected chi connectivity index (χ0v) is 11.8. The van der Waals surface area contributed by atoms with Gasteiger partial charge in [-0.2, -0.15) is 0 Å². The standard InChI is InChI=1S/C17H12BrN/c18-17-8-4-7-16(19-17)15-11-9-14(10-12-15)13-5-2-1-3-6-13/h1-12H. The fraction of sp³-hybridized carbons (Fsp3) is 0. The van der Waals surface area contributed by atoms with Gasteiger partial charge in [0.25, 0.3) is 0 Å². The van der Waals surface area contributed by atoms with Crippen LogP contribution in [-0.4, -0.2) is 4.98 Å². The molecule has 1 heterocycles. The smallest absolute Gasteiger partial charge is 0.106 e. The first kappa shape index (κ1) is 12.1. The predicted molar refractivity (Wildman–Crippen MR) is 82.8 cm³/mol. The molecule has 0 atom stereocenters. The monoisotopic (exact) mass is 309 g/mol. The minimum absolute atomic E-state index is 0.858. The van der Waals surface area contributed by atoms with Crippen molar-refractivity contribution in [2.75, 3.05) is 0 Å². The number of halogens is 1. The Hall–Kier alpha value is -1.93. The quantitative estimate of drug-likeness (QED) is 0.594. The minimum Gasteiger partial charge on any atom is -0.241 e. The highest BCUT2D eigenvalue weighted by molar-refractivity contribution is 9.10. The SMILES string of the molecule is Brc1cccc(-c2ccc(-c3ccccc3)cc2)n1. The van der Waals surface area contributed by atoms with Crippen LogP contribution in [0.3, 0.4) is 0 Å². The lowest BCUT2D eigenvalue weighted by Gasteiger charge is -2.04. The van der Waals surface area contributed by atoms with E-state index in [4.69, 9.17) is 0 Å². The van der Waals surface area contributed by atoms with Crippen LogP contribution >= 0.6 is 15.9 Å². The van der Waals surface area contributed by atoms with E-state index in [-0.39, 0.29) is 0 Å². The van der Waals surface area contributed by atoms with Gasteiger partial charge in [0, 0.05) is 5.56 Å². The molecule has 0 radical (unpaired) electrons. The van der Waals surface area contributed by atoms with Gasteiger partial charge in [-0.3, -0.25) is 0 Å². The summed E-state index contributed by atoms with van der Waals surface area (Å²) in [6.45, 7) is 0. The van der Waals surface area contributed by atoms with Gasteiger partial charge in [0.05, 0.1) is 5.69 Å². The number of nitrogens with zero attached hydrogens (tertiary/aromatic N) is 1. The Bertz CT molecular complexity index is 675. The van der Waals surface area contributed by atoms with Gasteiger partial charge in [0.2, 0.25) is 0 Å². The molecule has 19 heavy (non-hydrogen) atoms. The summed E-state index contributed by atoms with van der Waals surface area (Å²) in [6, 6.07) is 24.8. The van der Waals surface area contributed by atoms with Crippen molar-refractivity contribution in [1.82, 2.24) is 4.98 Å². The molecule has 0 fully saturated rings. The van der Waals surface area contributed by atoms with Crippen molar-refractivity contribution in [3.05, 3.63) is 77.4 Å². The van der Waals surface area contributed by atoms with Gasteiger partial charge in [-0.1, -0.05) is 60.7 Å².